The van der Waals surface area contributed by atoms with Gasteiger partial charge in [-0.25, -0.2) is 4.79 Å². The first kappa shape index (κ1) is 16.2. The summed E-state index contributed by atoms with van der Waals surface area (Å²) in [7, 11) is 0. The van der Waals surface area contributed by atoms with Gasteiger partial charge in [-0.3, -0.25) is 0 Å². The number of esters is 1. The number of hydrogen-bond donors (Lipinski definition) is 0. The third-order valence-electron chi connectivity index (χ3n) is 2.26. The number of hydrogen-bond acceptors (Lipinski definition) is 3. The van der Waals surface area contributed by atoms with Crippen molar-refractivity contribution < 1.29 is 14.3 Å². The van der Waals surface area contributed by atoms with Crippen LogP contribution in [0.25, 0.3) is 0 Å². The van der Waals surface area contributed by atoms with Crippen LogP contribution in [-0.2, 0) is 14.3 Å². The molecule has 0 heterocycles. The minimum absolute atomic E-state index is 0.276. The number of ether oxygens (including phenoxy) is 2. The summed E-state index contributed by atoms with van der Waals surface area (Å²) >= 11 is 2.39. The van der Waals surface area contributed by atoms with Crippen LogP contribution in [0.3, 0.4) is 0 Å². The Morgan fingerprint density at radius 3 is 2.38 bits per heavy atom. The third-order valence-corrected chi connectivity index (χ3v) is 3.02. The van der Waals surface area contributed by atoms with E-state index in [-0.39, 0.29) is 5.97 Å². The number of carbonyl (C=O) groups is 1. The predicted octanol–water partition coefficient (Wildman–Crippen LogP) is 3.34. The Bertz CT molecular complexity index is 193. The average molecular weight is 342 g/mol. The van der Waals surface area contributed by atoms with Crippen molar-refractivity contribution in [3.8, 4) is 0 Å². The van der Waals surface area contributed by atoms with Crippen molar-refractivity contribution >= 4 is 28.6 Å². The number of carbonyl (C=O) groups excluding carboxylic acids is 1. The van der Waals surface area contributed by atoms with Gasteiger partial charge in [0.2, 0.25) is 0 Å². The Labute approximate surface area is 112 Å². The van der Waals surface area contributed by atoms with Gasteiger partial charge in [0.05, 0.1) is 6.61 Å². The highest BCUT2D eigenvalue weighted by Gasteiger charge is 2.29. The minimum atomic E-state index is -0.806. The highest BCUT2D eigenvalue weighted by molar-refractivity contribution is 14.1. The van der Waals surface area contributed by atoms with Crippen LogP contribution < -0.4 is 0 Å². The first-order valence-electron chi connectivity index (χ1n) is 5.91. The summed E-state index contributed by atoms with van der Waals surface area (Å²) in [4.78, 5) is 11.5. The zero-order chi connectivity index (χ0) is 12.4. The van der Waals surface area contributed by atoms with E-state index in [0.29, 0.717) is 13.2 Å². The van der Waals surface area contributed by atoms with E-state index in [1.54, 1.807) is 20.8 Å². The Hall–Kier alpha value is 0.160. The first-order chi connectivity index (χ1) is 7.54. The molecule has 0 aromatic heterocycles. The molecular formula is C12H23IO3. The van der Waals surface area contributed by atoms with Crippen LogP contribution in [-0.4, -0.2) is 29.2 Å². The monoisotopic (exact) mass is 342 g/mol. The third kappa shape index (κ3) is 7.44. The lowest BCUT2D eigenvalue weighted by Gasteiger charge is -2.22. The van der Waals surface area contributed by atoms with Crippen LogP contribution in [0, 0.1) is 0 Å². The number of unbranched alkanes of at least 4 members (excludes halogenated alkanes) is 3. The molecule has 0 saturated carbocycles. The zero-order valence-electron chi connectivity index (χ0n) is 10.6. The summed E-state index contributed by atoms with van der Waals surface area (Å²) in [6.45, 7) is 6.36. The molecule has 0 unspecified atom stereocenters. The summed E-state index contributed by atoms with van der Waals surface area (Å²) in [6.07, 6.45) is 4.69. The Morgan fingerprint density at radius 2 is 1.81 bits per heavy atom. The van der Waals surface area contributed by atoms with Crippen LogP contribution >= 0.6 is 22.6 Å². The molecule has 0 saturated heterocycles. The van der Waals surface area contributed by atoms with Gasteiger partial charge in [0.25, 0.3) is 0 Å². The Kier molecular flexibility index (Phi) is 9.31. The van der Waals surface area contributed by atoms with Crippen LogP contribution in [0.4, 0.5) is 0 Å². The first-order valence-corrected chi connectivity index (χ1v) is 7.44. The summed E-state index contributed by atoms with van der Waals surface area (Å²) in [5.74, 6) is -0.276. The van der Waals surface area contributed by atoms with E-state index in [4.69, 9.17) is 9.47 Å². The van der Waals surface area contributed by atoms with Crippen molar-refractivity contribution in [3.63, 3.8) is 0 Å². The van der Waals surface area contributed by atoms with Gasteiger partial charge in [-0.1, -0.05) is 35.4 Å². The summed E-state index contributed by atoms with van der Waals surface area (Å²) in [5, 5.41) is 0. The van der Waals surface area contributed by atoms with Gasteiger partial charge in [0, 0.05) is 6.61 Å². The molecule has 0 aliphatic heterocycles. The van der Waals surface area contributed by atoms with Gasteiger partial charge >= 0.3 is 5.97 Å². The molecule has 0 bridgehead atoms. The van der Waals surface area contributed by atoms with Gasteiger partial charge in [-0.05, 0) is 38.0 Å². The van der Waals surface area contributed by atoms with Crippen molar-refractivity contribution in [2.45, 2.75) is 52.1 Å². The minimum Gasteiger partial charge on any atom is -0.464 e. The Morgan fingerprint density at radius 1 is 1.19 bits per heavy atom. The van der Waals surface area contributed by atoms with Crippen molar-refractivity contribution in [3.05, 3.63) is 0 Å². The number of halogens is 1. The second-order valence-corrected chi connectivity index (χ2v) is 5.26. The fourth-order valence-corrected chi connectivity index (χ4v) is 1.78. The van der Waals surface area contributed by atoms with Crippen LogP contribution in [0.15, 0.2) is 0 Å². The average Bonchev–Trinajstić information content (AvgIpc) is 2.23. The van der Waals surface area contributed by atoms with Crippen molar-refractivity contribution in [1.29, 1.82) is 0 Å². The maximum absolute atomic E-state index is 11.5. The molecule has 0 spiro atoms. The quantitative estimate of drug-likeness (QED) is 0.279. The SMILES string of the molecule is CCOC(=O)C(C)(C)OCCCCCCI. The number of alkyl halides is 1. The highest BCUT2D eigenvalue weighted by atomic mass is 127. The molecule has 0 atom stereocenters. The standard InChI is InChI=1S/C12H23IO3/c1-4-15-11(14)12(2,3)16-10-8-6-5-7-9-13/h4-10H2,1-3H3. The van der Waals surface area contributed by atoms with Crippen LogP contribution in [0.2, 0.25) is 0 Å². The van der Waals surface area contributed by atoms with Crippen molar-refractivity contribution in [1.82, 2.24) is 0 Å². The van der Waals surface area contributed by atoms with E-state index >= 15 is 0 Å². The second-order valence-electron chi connectivity index (χ2n) is 4.18. The maximum atomic E-state index is 11.5. The van der Waals surface area contributed by atoms with E-state index in [2.05, 4.69) is 22.6 Å². The van der Waals surface area contributed by atoms with E-state index in [9.17, 15) is 4.79 Å². The molecule has 3 nitrogen and oxygen atoms in total. The van der Waals surface area contributed by atoms with Crippen LogP contribution in [0.1, 0.15) is 46.5 Å². The lowest BCUT2D eigenvalue weighted by atomic mass is 10.1. The highest BCUT2D eigenvalue weighted by Crippen LogP contribution is 2.13. The molecule has 0 aliphatic carbocycles. The molecule has 4 heteroatoms. The van der Waals surface area contributed by atoms with E-state index < -0.39 is 5.60 Å². The summed E-state index contributed by atoms with van der Waals surface area (Å²) in [6, 6.07) is 0. The number of rotatable bonds is 9. The Balaban J connectivity index is 3.61. The molecule has 0 aromatic rings. The predicted molar refractivity (Wildman–Crippen MR) is 74.0 cm³/mol. The van der Waals surface area contributed by atoms with Crippen molar-refractivity contribution in [2.24, 2.45) is 0 Å². The maximum Gasteiger partial charge on any atom is 0.337 e. The topological polar surface area (TPSA) is 35.5 Å². The van der Waals surface area contributed by atoms with Gasteiger partial charge in [-0.2, -0.15) is 0 Å². The molecule has 0 amide bonds. The summed E-state index contributed by atoms with van der Waals surface area (Å²) < 4.78 is 11.7. The molecule has 96 valence electrons. The fourth-order valence-electron chi connectivity index (χ4n) is 1.24. The normalized spacial score (nSPS) is 11.5. The van der Waals surface area contributed by atoms with Gasteiger partial charge in [0.1, 0.15) is 0 Å². The van der Waals surface area contributed by atoms with E-state index in [1.165, 1.54) is 23.7 Å². The molecule has 0 fully saturated rings. The van der Waals surface area contributed by atoms with Gasteiger partial charge < -0.3 is 9.47 Å². The lowest BCUT2D eigenvalue weighted by molar-refractivity contribution is -0.167. The fraction of sp³-hybridized carbons (Fsp3) is 0.917. The lowest BCUT2D eigenvalue weighted by Crippen LogP contribution is -2.37. The summed E-state index contributed by atoms with van der Waals surface area (Å²) in [5.41, 5.74) is -0.806. The smallest absolute Gasteiger partial charge is 0.337 e. The second kappa shape index (κ2) is 9.22. The molecule has 0 rings (SSSR count). The molecular weight excluding hydrogens is 319 g/mol. The van der Waals surface area contributed by atoms with Crippen molar-refractivity contribution in [2.75, 3.05) is 17.6 Å². The van der Waals surface area contributed by atoms with Gasteiger partial charge in [0.15, 0.2) is 5.60 Å². The van der Waals surface area contributed by atoms with E-state index in [1.807, 2.05) is 0 Å². The largest absolute Gasteiger partial charge is 0.464 e. The molecule has 0 aliphatic rings. The molecule has 0 radical (unpaired) electrons. The molecule has 0 aromatic carbocycles. The van der Waals surface area contributed by atoms with E-state index in [0.717, 1.165) is 6.42 Å². The molecule has 0 N–H and O–H groups in total. The zero-order valence-corrected chi connectivity index (χ0v) is 12.7. The van der Waals surface area contributed by atoms with Crippen LogP contribution in [0.5, 0.6) is 0 Å². The van der Waals surface area contributed by atoms with Gasteiger partial charge in [-0.15, -0.1) is 0 Å². The molecule has 16 heavy (non-hydrogen) atoms.